The molecular weight excluding hydrogens is 366 g/mol. The van der Waals surface area contributed by atoms with Crippen LogP contribution < -0.4 is 5.32 Å². The average molecular weight is 386 g/mol. The molecule has 0 bridgehead atoms. The third-order valence-corrected chi connectivity index (χ3v) is 5.18. The lowest BCUT2D eigenvalue weighted by atomic mass is 10.1. The Kier molecular flexibility index (Phi) is 6.01. The van der Waals surface area contributed by atoms with Crippen molar-refractivity contribution in [3.05, 3.63) is 76.6 Å². The fraction of sp³-hybridized carbons (Fsp3) is 0.200. The number of carbonyl (C=O) groups is 1. The highest BCUT2D eigenvalue weighted by Gasteiger charge is 2.17. The number of imidazole rings is 1. The van der Waals surface area contributed by atoms with Crippen LogP contribution in [0.4, 0.5) is 5.69 Å². The van der Waals surface area contributed by atoms with E-state index in [1.165, 1.54) is 17.3 Å². The van der Waals surface area contributed by atoms with Crippen LogP contribution in [0.25, 0.3) is 0 Å². The lowest BCUT2D eigenvalue weighted by molar-refractivity contribution is -0.115. The van der Waals surface area contributed by atoms with E-state index in [2.05, 4.69) is 27.4 Å². The van der Waals surface area contributed by atoms with E-state index in [9.17, 15) is 4.79 Å². The lowest BCUT2D eigenvalue weighted by Gasteiger charge is -2.10. The second-order valence-corrected chi connectivity index (χ2v) is 7.80. The van der Waals surface area contributed by atoms with Crippen molar-refractivity contribution in [3.63, 3.8) is 0 Å². The van der Waals surface area contributed by atoms with Gasteiger partial charge in [0.2, 0.25) is 5.91 Å². The summed E-state index contributed by atoms with van der Waals surface area (Å²) < 4.78 is 0. The molecular formula is C20H20ClN3OS. The fourth-order valence-corrected chi connectivity index (χ4v) is 3.48. The van der Waals surface area contributed by atoms with E-state index in [-0.39, 0.29) is 11.2 Å². The average Bonchev–Trinajstić information content (AvgIpc) is 2.97. The van der Waals surface area contributed by atoms with Crippen LogP contribution in [0.2, 0.25) is 5.02 Å². The summed E-state index contributed by atoms with van der Waals surface area (Å²) in [5.41, 5.74) is 3.98. The van der Waals surface area contributed by atoms with Gasteiger partial charge in [-0.15, -0.1) is 0 Å². The summed E-state index contributed by atoms with van der Waals surface area (Å²) in [4.78, 5) is 20.3. The SMILES string of the molecule is Cc1[nH]c(S[C@H](C)C(=O)Nc2ccc(Cl)cc2)nc1Cc1ccccc1. The molecule has 3 aromatic rings. The highest BCUT2D eigenvalue weighted by molar-refractivity contribution is 8.00. The summed E-state index contributed by atoms with van der Waals surface area (Å²) in [6.45, 7) is 3.87. The monoisotopic (exact) mass is 385 g/mol. The quantitative estimate of drug-likeness (QED) is 0.581. The highest BCUT2D eigenvalue weighted by Crippen LogP contribution is 2.24. The smallest absolute Gasteiger partial charge is 0.237 e. The number of amides is 1. The van der Waals surface area contributed by atoms with Crippen LogP contribution in [-0.2, 0) is 11.2 Å². The van der Waals surface area contributed by atoms with Gasteiger partial charge in [0, 0.05) is 22.8 Å². The second kappa shape index (κ2) is 8.43. The minimum atomic E-state index is -0.277. The Balaban J connectivity index is 1.62. The second-order valence-electron chi connectivity index (χ2n) is 6.03. The molecule has 0 unspecified atom stereocenters. The maximum absolute atomic E-state index is 12.4. The van der Waals surface area contributed by atoms with Gasteiger partial charge in [-0.25, -0.2) is 4.98 Å². The van der Waals surface area contributed by atoms with Crippen LogP contribution in [0.5, 0.6) is 0 Å². The number of hydrogen-bond acceptors (Lipinski definition) is 3. The summed E-state index contributed by atoms with van der Waals surface area (Å²) in [5, 5.41) is 4.01. The van der Waals surface area contributed by atoms with E-state index in [0.29, 0.717) is 5.02 Å². The van der Waals surface area contributed by atoms with Gasteiger partial charge >= 0.3 is 0 Å². The molecule has 0 saturated heterocycles. The number of thioether (sulfide) groups is 1. The number of aryl methyl sites for hydroxylation is 1. The number of halogens is 1. The molecule has 0 aliphatic rings. The molecule has 134 valence electrons. The van der Waals surface area contributed by atoms with Crippen LogP contribution in [0, 0.1) is 6.92 Å². The van der Waals surface area contributed by atoms with Crippen molar-refractivity contribution >= 4 is 35.0 Å². The first-order valence-electron chi connectivity index (χ1n) is 8.34. The summed E-state index contributed by atoms with van der Waals surface area (Å²) in [7, 11) is 0. The standard InChI is InChI=1S/C20H20ClN3OS/c1-13-18(12-15-6-4-3-5-7-15)24-20(22-13)26-14(2)19(25)23-17-10-8-16(21)9-11-17/h3-11,14H,12H2,1-2H3,(H,22,24)(H,23,25)/t14-/m1/s1. The number of aromatic amines is 1. The zero-order valence-corrected chi connectivity index (χ0v) is 16.2. The van der Waals surface area contributed by atoms with Gasteiger partial charge in [-0.05, 0) is 43.7 Å². The zero-order valence-electron chi connectivity index (χ0n) is 14.6. The normalized spacial score (nSPS) is 12.0. The van der Waals surface area contributed by atoms with E-state index < -0.39 is 0 Å². The molecule has 26 heavy (non-hydrogen) atoms. The molecule has 0 saturated carbocycles. The van der Waals surface area contributed by atoms with Crippen molar-refractivity contribution < 1.29 is 4.79 Å². The first-order chi connectivity index (χ1) is 12.5. The third kappa shape index (κ3) is 4.90. The molecule has 2 aromatic carbocycles. The molecule has 4 nitrogen and oxygen atoms in total. The van der Waals surface area contributed by atoms with E-state index in [1.54, 1.807) is 24.3 Å². The molecule has 0 spiro atoms. The van der Waals surface area contributed by atoms with E-state index in [4.69, 9.17) is 11.6 Å². The number of anilines is 1. The van der Waals surface area contributed by atoms with Crippen LogP contribution in [0.3, 0.4) is 0 Å². The number of aromatic nitrogens is 2. The van der Waals surface area contributed by atoms with Crippen LogP contribution in [-0.4, -0.2) is 21.1 Å². The number of carbonyl (C=O) groups excluding carboxylic acids is 1. The molecule has 0 fully saturated rings. The minimum absolute atomic E-state index is 0.0732. The van der Waals surface area contributed by atoms with E-state index >= 15 is 0 Å². The summed E-state index contributed by atoms with van der Waals surface area (Å²) >= 11 is 7.28. The van der Waals surface area contributed by atoms with Crippen molar-refractivity contribution in [1.82, 2.24) is 9.97 Å². The highest BCUT2D eigenvalue weighted by atomic mass is 35.5. The molecule has 0 radical (unpaired) electrons. The minimum Gasteiger partial charge on any atom is -0.337 e. The van der Waals surface area contributed by atoms with Gasteiger partial charge in [0.05, 0.1) is 10.9 Å². The first-order valence-corrected chi connectivity index (χ1v) is 9.59. The van der Waals surface area contributed by atoms with Crippen molar-refractivity contribution in [3.8, 4) is 0 Å². The molecule has 3 rings (SSSR count). The van der Waals surface area contributed by atoms with Crippen LogP contribution in [0.1, 0.15) is 23.9 Å². The summed E-state index contributed by atoms with van der Waals surface area (Å²) in [6, 6.07) is 17.3. The van der Waals surface area contributed by atoms with Crippen LogP contribution >= 0.6 is 23.4 Å². The number of hydrogen-bond donors (Lipinski definition) is 2. The Bertz CT molecular complexity index is 878. The zero-order chi connectivity index (χ0) is 18.5. The maximum Gasteiger partial charge on any atom is 0.237 e. The molecule has 0 aliphatic heterocycles. The predicted molar refractivity (Wildman–Crippen MR) is 108 cm³/mol. The number of rotatable bonds is 6. The van der Waals surface area contributed by atoms with Gasteiger partial charge in [0.1, 0.15) is 0 Å². The van der Waals surface area contributed by atoms with Gasteiger partial charge in [-0.1, -0.05) is 53.7 Å². The predicted octanol–water partition coefficient (Wildman–Crippen LogP) is 5.08. The molecule has 1 amide bonds. The molecule has 6 heteroatoms. The molecule has 0 aliphatic carbocycles. The molecule has 1 atom stereocenters. The van der Waals surface area contributed by atoms with Crippen molar-refractivity contribution in [2.24, 2.45) is 0 Å². The summed E-state index contributed by atoms with van der Waals surface area (Å²) in [6.07, 6.45) is 0.773. The van der Waals surface area contributed by atoms with Gasteiger partial charge in [-0.3, -0.25) is 4.79 Å². The van der Waals surface area contributed by atoms with E-state index in [0.717, 1.165) is 28.7 Å². The number of nitrogens with one attached hydrogen (secondary N) is 2. The van der Waals surface area contributed by atoms with E-state index in [1.807, 2.05) is 32.0 Å². The van der Waals surface area contributed by atoms with Gasteiger partial charge in [-0.2, -0.15) is 0 Å². The largest absolute Gasteiger partial charge is 0.337 e. The number of nitrogens with zero attached hydrogens (tertiary/aromatic N) is 1. The third-order valence-electron chi connectivity index (χ3n) is 3.95. The fourth-order valence-electron chi connectivity index (χ4n) is 2.48. The molecule has 1 aromatic heterocycles. The Hall–Kier alpha value is -2.24. The Morgan fingerprint density at radius 3 is 2.58 bits per heavy atom. The number of benzene rings is 2. The van der Waals surface area contributed by atoms with Crippen molar-refractivity contribution in [1.29, 1.82) is 0 Å². The van der Waals surface area contributed by atoms with Crippen LogP contribution in [0.15, 0.2) is 59.8 Å². The first kappa shape index (κ1) is 18.5. The van der Waals surface area contributed by atoms with Crippen molar-refractivity contribution in [2.75, 3.05) is 5.32 Å². The lowest BCUT2D eigenvalue weighted by Crippen LogP contribution is -2.22. The number of H-pyrrole nitrogens is 1. The van der Waals surface area contributed by atoms with Crippen molar-refractivity contribution in [2.45, 2.75) is 30.7 Å². The summed E-state index contributed by atoms with van der Waals surface area (Å²) in [5.74, 6) is -0.0732. The Morgan fingerprint density at radius 2 is 1.88 bits per heavy atom. The van der Waals surface area contributed by atoms with Gasteiger partial charge in [0.15, 0.2) is 5.16 Å². The maximum atomic E-state index is 12.4. The Labute approximate surface area is 162 Å². The topological polar surface area (TPSA) is 57.8 Å². The van der Waals surface area contributed by atoms with Gasteiger partial charge in [0.25, 0.3) is 0 Å². The molecule has 2 N–H and O–H groups in total. The Morgan fingerprint density at radius 1 is 1.19 bits per heavy atom. The molecule has 1 heterocycles. The van der Waals surface area contributed by atoms with Gasteiger partial charge < -0.3 is 10.3 Å².